The Kier molecular flexibility index (Phi) is 7.08. The molecular formula is C28H25N9O3S. The van der Waals surface area contributed by atoms with E-state index in [1.165, 1.54) is 24.0 Å². The Morgan fingerprint density at radius 3 is 2.54 bits per heavy atom. The van der Waals surface area contributed by atoms with Crippen LogP contribution in [0.2, 0.25) is 0 Å². The van der Waals surface area contributed by atoms with Crippen molar-refractivity contribution in [3.05, 3.63) is 94.8 Å². The van der Waals surface area contributed by atoms with Crippen LogP contribution in [-0.4, -0.2) is 46.2 Å². The van der Waals surface area contributed by atoms with Gasteiger partial charge in [0.15, 0.2) is 0 Å². The zero-order chi connectivity index (χ0) is 29.3. The summed E-state index contributed by atoms with van der Waals surface area (Å²) in [4.78, 5) is 31.4. The number of aromatic nitrogens is 5. The highest BCUT2D eigenvalue weighted by atomic mass is 32.2. The van der Waals surface area contributed by atoms with Crippen LogP contribution >= 0.6 is 0 Å². The van der Waals surface area contributed by atoms with Crippen LogP contribution in [0.1, 0.15) is 24.4 Å². The van der Waals surface area contributed by atoms with Crippen molar-refractivity contribution in [3.63, 3.8) is 0 Å². The van der Waals surface area contributed by atoms with Gasteiger partial charge in [-0.2, -0.15) is 10.2 Å². The Balaban J connectivity index is 1.73. The molecule has 1 unspecified atom stereocenters. The number of hydrogen-bond donors (Lipinski definition) is 2. The standard InChI is InChI=1S/C28H25N9O3S/c1-17(33-25-19(15-29)16-32-28(30)35-25)26-34-22-11-7-10-21(18-12-13-31-23(14-18)36(2)41(3,39)40)24(22)27(38)37(26)20-8-5-4-6-9-20/h4-14,16-17H,1-3H3,(H3,30,32,33,35). The molecular weight excluding hydrogens is 542 g/mol. The number of pyridine rings is 1. The molecule has 206 valence electrons. The van der Waals surface area contributed by atoms with Crippen molar-refractivity contribution < 1.29 is 8.42 Å². The van der Waals surface area contributed by atoms with E-state index in [4.69, 9.17) is 10.7 Å². The average molecular weight is 568 g/mol. The quantitative estimate of drug-likeness (QED) is 0.297. The molecule has 3 aromatic heterocycles. The predicted octanol–water partition coefficient (Wildman–Crippen LogP) is 3.26. The molecule has 0 aliphatic rings. The monoisotopic (exact) mass is 567 g/mol. The van der Waals surface area contributed by atoms with E-state index in [0.717, 1.165) is 10.6 Å². The molecule has 5 aromatic rings. The van der Waals surface area contributed by atoms with Crippen LogP contribution in [0, 0.1) is 11.3 Å². The first kappa shape index (κ1) is 27.2. The van der Waals surface area contributed by atoms with E-state index in [2.05, 4.69) is 20.3 Å². The van der Waals surface area contributed by atoms with Crippen molar-refractivity contribution in [2.45, 2.75) is 13.0 Å². The van der Waals surface area contributed by atoms with Crippen molar-refractivity contribution in [3.8, 4) is 22.9 Å². The molecule has 1 atom stereocenters. The maximum atomic E-state index is 14.3. The maximum Gasteiger partial charge on any atom is 0.266 e. The molecule has 0 saturated heterocycles. The lowest BCUT2D eigenvalue weighted by molar-refractivity contribution is 0.600. The lowest BCUT2D eigenvalue weighted by Crippen LogP contribution is -2.28. The molecule has 0 radical (unpaired) electrons. The van der Waals surface area contributed by atoms with E-state index < -0.39 is 16.1 Å². The number of sulfonamides is 1. The third-order valence-electron chi connectivity index (χ3n) is 6.48. The molecule has 0 bridgehead atoms. The number of nitrogens with zero attached hydrogens (tertiary/aromatic N) is 7. The van der Waals surface area contributed by atoms with Crippen LogP contribution in [-0.2, 0) is 10.0 Å². The van der Waals surface area contributed by atoms with E-state index in [1.54, 1.807) is 49.4 Å². The third-order valence-corrected chi connectivity index (χ3v) is 7.66. The van der Waals surface area contributed by atoms with Crippen molar-refractivity contribution in [1.29, 1.82) is 5.26 Å². The fourth-order valence-electron chi connectivity index (χ4n) is 4.39. The summed E-state index contributed by atoms with van der Waals surface area (Å²) in [5, 5.41) is 13.0. The van der Waals surface area contributed by atoms with Crippen LogP contribution in [0.3, 0.4) is 0 Å². The number of fused-ring (bicyclic) bond motifs is 1. The second kappa shape index (κ2) is 10.7. The molecule has 41 heavy (non-hydrogen) atoms. The van der Waals surface area contributed by atoms with E-state index in [9.17, 15) is 18.5 Å². The van der Waals surface area contributed by atoms with Crippen LogP contribution in [0.25, 0.3) is 27.7 Å². The van der Waals surface area contributed by atoms with Crippen LogP contribution in [0.4, 0.5) is 17.6 Å². The molecule has 0 amide bonds. The summed E-state index contributed by atoms with van der Waals surface area (Å²) in [5.41, 5.74) is 7.80. The largest absolute Gasteiger partial charge is 0.368 e. The SMILES string of the molecule is CC(Nc1nc(N)ncc1C#N)c1nc2cccc(-c3ccnc(N(C)S(C)(=O)=O)c3)c2c(=O)n1-c1ccccc1. The summed E-state index contributed by atoms with van der Waals surface area (Å²) < 4.78 is 26.8. The van der Waals surface area contributed by atoms with Crippen molar-refractivity contribution in [1.82, 2.24) is 24.5 Å². The summed E-state index contributed by atoms with van der Waals surface area (Å²) in [6.07, 6.45) is 3.91. The topological polar surface area (TPSA) is 173 Å². The van der Waals surface area contributed by atoms with Gasteiger partial charge < -0.3 is 11.1 Å². The molecule has 2 aromatic carbocycles. The molecule has 0 saturated carbocycles. The number of anilines is 3. The van der Waals surface area contributed by atoms with E-state index in [1.807, 2.05) is 24.3 Å². The van der Waals surface area contributed by atoms with Crippen molar-refractivity contribution in [2.24, 2.45) is 0 Å². The lowest BCUT2D eigenvalue weighted by atomic mass is 10.0. The fraction of sp³-hybridized carbons (Fsp3) is 0.143. The zero-order valence-corrected chi connectivity index (χ0v) is 23.2. The minimum absolute atomic E-state index is 0.00602. The molecule has 12 nitrogen and oxygen atoms in total. The fourth-order valence-corrected chi connectivity index (χ4v) is 4.83. The Hall–Kier alpha value is -5.35. The predicted molar refractivity (Wildman–Crippen MR) is 157 cm³/mol. The first-order valence-corrected chi connectivity index (χ1v) is 14.2. The first-order valence-electron chi connectivity index (χ1n) is 12.4. The van der Waals surface area contributed by atoms with Gasteiger partial charge in [0, 0.05) is 13.2 Å². The van der Waals surface area contributed by atoms with E-state index in [0.29, 0.717) is 33.5 Å². The number of benzene rings is 2. The minimum Gasteiger partial charge on any atom is -0.368 e. The number of nitrogens with one attached hydrogen (secondary N) is 1. The van der Waals surface area contributed by atoms with Gasteiger partial charge in [-0.15, -0.1) is 0 Å². The summed E-state index contributed by atoms with van der Waals surface area (Å²) in [5.74, 6) is 0.799. The summed E-state index contributed by atoms with van der Waals surface area (Å²) in [6, 6.07) is 19.1. The van der Waals surface area contributed by atoms with Gasteiger partial charge >= 0.3 is 0 Å². The Morgan fingerprint density at radius 1 is 1.07 bits per heavy atom. The Morgan fingerprint density at radius 2 is 1.83 bits per heavy atom. The van der Waals surface area contributed by atoms with Crippen molar-refractivity contribution in [2.75, 3.05) is 28.7 Å². The second-order valence-electron chi connectivity index (χ2n) is 9.25. The van der Waals surface area contributed by atoms with E-state index in [-0.39, 0.29) is 28.7 Å². The third kappa shape index (κ3) is 5.28. The number of nitriles is 1. The summed E-state index contributed by atoms with van der Waals surface area (Å²) in [6.45, 7) is 1.80. The summed E-state index contributed by atoms with van der Waals surface area (Å²) in [7, 11) is -2.13. The molecule has 0 fully saturated rings. The highest BCUT2D eigenvalue weighted by molar-refractivity contribution is 7.92. The molecule has 3 heterocycles. The Bertz CT molecular complexity index is 1990. The van der Waals surface area contributed by atoms with Gasteiger partial charge in [0.1, 0.15) is 29.1 Å². The maximum absolute atomic E-state index is 14.3. The number of nitrogen functional groups attached to an aromatic ring is 1. The second-order valence-corrected chi connectivity index (χ2v) is 11.3. The zero-order valence-electron chi connectivity index (χ0n) is 22.3. The normalized spacial score (nSPS) is 12.0. The van der Waals surface area contributed by atoms with Gasteiger partial charge in [-0.3, -0.25) is 13.7 Å². The number of nitrogens with two attached hydrogens (primary N) is 1. The molecule has 13 heteroatoms. The number of hydrogen-bond acceptors (Lipinski definition) is 10. The highest BCUT2D eigenvalue weighted by Crippen LogP contribution is 2.30. The number of para-hydroxylation sites is 1. The molecule has 5 rings (SSSR count). The smallest absolute Gasteiger partial charge is 0.266 e. The van der Waals surface area contributed by atoms with Gasteiger partial charge in [0.25, 0.3) is 5.56 Å². The van der Waals surface area contributed by atoms with Gasteiger partial charge in [-0.25, -0.2) is 23.4 Å². The summed E-state index contributed by atoms with van der Waals surface area (Å²) >= 11 is 0. The van der Waals surface area contributed by atoms with Crippen molar-refractivity contribution >= 4 is 38.5 Å². The van der Waals surface area contributed by atoms with Crippen LogP contribution < -0.4 is 20.9 Å². The molecule has 0 aliphatic heterocycles. The van der Waals surface area contributed by atoms with Gasteiger partial charge in [-0.1, -0.05) is 30.3 Å². The first-order chi connectivity index (χ1) is 19.6. The lowest BCUT2D eigenvalue weighted by Gasteiger charge is -2.21. The molecule has 0 spiro atoms. The van der Waals surface area contributed by atoms with E-state index >= 15 is 0 Å². The molecule has 3 N–H and O–H groups in total. The van der Waals surface area contributed by atoms with Crippen LogP contribution in [0.15, 0.2) is 77.9 Å². The van der Waals surface area contributed by atoms with Crippen LogP contribution in [0.5, 0.6) is 0 Å². The van der Waals surface area contributed by atoms with Gasteiger partial charge in [0.2, 0.25) is 16.0 Å². The van der Waals surface area contributed by atoms with Gasteiger partial charge in [0.05, 0.1) is 35.1 Å². The highest BCUT2D eigenvalue weighted by Gasteiger charge is 2.22. The average Bonchev–Trinajstić information content (AvgIpc) is 2.96. The van der Waals surface area contributed by atoms with Gasteiger partial charge in [-0.05, 0) is 48.4 Å². The Labute approximate surface area is 235 Å². The number of rotatable bonds is 7. The minimum atomic E-state index is -3.55. The molecule has 0 aliphatic carbocycles.